The SMILES string of the molecule is O=S(=O)([O-])CCCOCCOCCOc1cc2ccccc2cc1OCCOCCOCCCS(=O)(=O)[O-].[K+].[K+]. The van der Waals surface area contributed by atoms with Gasteiger partial charge in [-0.2, -0.15) is 0 Å². The van der Waals surface area contributed by atoms with E-state index >= 15 is 0 Å². The van der Waals surface area contributed by atoms with Gasteiger partial charge in [-0.3, -0.25) is 0 Å². The van der Waals surface area contributed by atoms with Crippen molar-refractivity contribution in [2.24, 2.45) is 0 Å². The van der Waals surface area contributed by atoms with Crippen LogP contribution in [0.3, 0.4) is 0 Å². The van der Waals surface area contributed by atoms with Crippen LogP contribution in [0.5, 0.6) is 11.5 Å². The van der Waals surface area contributed by atoms with Crippen molar-refractivity contribution < 1.29 is 157 Å². The minimum absolute atomic E-state index is 0. The minimum atomic E-state index is -4.21. The monoisotopic (exact) mass is 656 g/mol. The predicted molar refractivity (Wildman–Crippen MR) is 137 cm³/mol. The molecule has 0 unspecified atom stereocenters. The van der Waals surface area contributed by atoms with E-state index < -0.39 is 31.7 Å². The van der Waals surface area contributed by atoms with Crippen LogP contribution in [0.15, 0.2) is 36.4 Å². The zero-order valence-electron chi connectivity index (χ0n) is 23.1. The quantitative estimate of drug-likeness (QED) is 0.0678. The molecular formula is C24H34K2O12S2. The summed E-state index contributed by atoms with van der Waals surface area (Å²) in [5.74, 6) is 0.218. The molecule has 0 aliphatic heterocycles. The molecule has 0 atom stereocenters. The smallest absolute Gasteiger partial charge is 0.748 e. The summed E-state index contributed by atoms with van der Waals surface area (Å²) in [6, 6.07) is 11.6. The van der Waals surface area contributed by atoms with Crippen molar-refractivity contribution in [3.8, 4) is 11.5 Å². The molecule has 2 aromatic carbocycles. The van der Waals surface area contributed by atoms with Gasteiger partial charge in [0.1, 0.15) is 13.2 Å². The summed E-state index contributed by atoms with van der Waals surface area (Å²) in [5, 5.41) is 1.98. The van der Waals surface area contributed by atoms with Gasteiger partial charge < -0.3 is 37.5 Å². The summed E-state index contributed by atoms with van der Waals surface area (Å²) in [4.78, 5) is 0. The average Bonchev–Trinajstić information content (AvgIpc) is 2.85. The maximum atomic E-state index is 10.5. The first kappa shape index (κ1) is 41.2. The molecule has 216 valence electrons. The molecule has 0 N–H and O–H groups in total. The van der Waals surface area contributed by atoms with Crippen LogP contribution in [0.4, 0.5) is 0 Å². The number of hydrogen-bond acceptors (Lipinski definition) is 12. The Morgan fingerprint density at radius 1 is 0.525 bits per heavy atom. The fraction of sp³-hybridized carbons (Fsp3) is 0.583. The molecule has 40 heavy (non-hydrogen) atoms. The van der Waals surface area contributed by atoms with Crippen molar-refractivity contribution in [1.29, 1.82) is 0 Å². The van der Waals surface area contributed by atoms with Gasteiger partial charge in [0.15, 0.2) is 11.5 Å². The molecule has 0 aliphatic rings. The van der Waals surface area contributed by atoms with Crippen LogP contribution in [0.2, 0.25) is 0 Å². The van der Waals surface area contributed by atoms with Gasteiger partial charge in [0.25, 0.3) is 0 Å². The van der Waals surface area contributed by atoms with Gasteiger partial charge in [-0.1, -0.05) is 24.3 Å². The van der Waals surface area contributed by atoms with E-state index in [-0.39, 0.29) is 155 Å². The third-order valence-electron chi connectivity index (χ3n) is 4.89. The third kappa shape index (κ3) is 21.0. The second kappa shape index (κ2) is 23.6. The molecule has 0 aromatic heterocycles. The van der Waals surface area contributed by atoms with E-state index in [0.717, 1.165) is 10.8 Å². The number of benzene rings is 2. The maximum Gasteiger partial charge on any atom is 1.00 e. The van der Waals surface area contributed by atoms with Gasteiger partial charge in [0.05, 0.1) is 59.9 Å². The van der Waals surface area contributed by atoms with Gasteiger partial charge in [-0.25, -0.2) is 16.8 Å². The molecule has 0 amide bonds. The van der Waals surface area contributed by atoms with Crippen LogP contribution < -0.4 is 112 Å². The Morgan fingerprint density at radius 2 is 0.850 bits per heavy atom. The van der Waals surface area contributed by atoms with E-state index in [1.807, 2.05) is 36.4 Å². The molecule has 2 aromatic rings. The van der Waals surface area contributed by atoms with Crippen LogP contribution in [-0.2, 0) is 39.2 Å². The summed E-state index contributed by atoms with van der Waals surface area (Å²) in [6.45, 7) is 2.63. The Hall–Kier alpha value is 1.23. The third-order valence-corrected chi connectivity index (χ3v) is 6.47. The molecule has 0 radical (unpaired) electrons. The Labute approximate surface area is 321 Å². The minimum Gasteiger partial charge on any atom is -0.748 e. The maximum absolute atomic E-state index is 10.5. The molecule has 16 heteroatoms. The van der Waals surface area contributed by atoms with Gasteiger partial charge >= 0.3 is 103 Å². The zero-order chi connectivity index (χ0) is 27.7. The first-order valence-corrected chi connectivity index (χ1v) is 15.3. The molecule has 0 heterocycles. The zero-order valence-corrected chi connectivity index (χ0v) is 31.0. The molecule has 0 spiro atoms. The summed E-state index contributed by atoms with van der Waals surface area (Å²) < 4.78 is 96.3. The standard InChI is InChI=1S/C24H36O12S2.2K/c25-37(26,27)17-3-7-31-9-11-33-13-15-35-23-19-21-5-1-2-6-22(21)20-24(23)36-16-14-34-12-10-32-8-4-18-38(28,29)30;;/h1-2,5-6,19-20H,3-4,7-18H2,(H,25,26,27)(H,28,29,30);;/q;2*+1/p-2. The molecule has 12 nitrogen and oxygen atoms in total. The number of ether oxygens (including phenoxy) is 6. The van der Waals surface area contributed by atoms with Crippen LogP contribution in [-0.4, -0.2) is 104 Å². The molecular weight excluding hydrogens is 623 g/mol. The number of rotatable bonds is 22. The van der Waals surface area contributed by atoms with Crippen molar-refractivity contribution >= 4 is 31.0 Å². The summed E-state index contributed by atoms with van der Waals surface area (Å²) in [5.41, 5.74) is 0. The van der Waals surface area contributed by atoms with E-state index in [0.29, 0.717) is 37.9 Å². The molecule has 0 saturated carbocycles. The van der Waals surface area contributed by atoms with Crippen molar-refractivity contribution in [2.45, 2.75) is 12.8 Å². The van der Waals surface area contributed by atoms with Gasteiger partial charge in [0.2, 0.25) is 0 Å². The number of hydrogen-bond donors (Lipinski definition) is 0. The van der Waals surface area contributed by atoms with E-state index in [1.54, 1.807) is 0 Å². The van der Waals surface area contributed by atoms with Crippen LogP contribution >= 0.6 is 0 Å². The van der Waals surface area contributed by atoms with E-state index in [4.69, 9.17) is 28.4 Å². The fourth-order valence-corrected chi connectivity index (χ4v) is 4.11. The van der Waals surface area contributed by atoms with Crippen molar-refractivity contribution in [3.63, 3.8) is 0 Å². The summed E-state index contributed by atoms with van der Waals surface area (Å²) in [6.07, 6.45) is 0.298. The first-order valence-electron chi connectivity index (χ1n) is 12.1. The second-order valence-electron chi connectivity index (χ2n) is 8.02. The van der Waals surface area contributed by atoms with Crippen molar-refractivity contribution in [2.75, 3.05) is 77.6 Å². The van der Waals surface area contributed by atoms with Crippen molar-refractivity contribution in [1.82, 2.24) is 0 Å². The molecule has 0 saturated heterocycles. The van der Waals surface area contributed by atoms with Crippen LogP contribution in [0, 0.1) is 0 Å². The largest absolute Gasteiger partial charge is 1.00 e. The van der Waals surface area contributed by atoms with Gasteiger partial charge in [-0.05, 0) is 35.7 Å². The summed E-state index contributed by atoms with van der Waals surface area (Å²) in [7, 11) is -8.43. The predicted octanol–water partition coefficient (Wildman–Crippen LogP) is -4.46. The Morgan fingerprint density at radius 3 is 1.20 bits per heavy atom. The van der Waals surface area contributed by atoms with E-state index in [1.165, 1.54) is 0 Å². The second-order valence-corrected chi connectivity index (χ2v) is 11.1. The molecule has 0 fully saturated rings. The fourth-order valence-electron chi connectivity index (χ4n) is 3.16. The Balaban J connectivity index is 0.00000760. The average molecular weight is 657 g/mol. The van der Waals surface area contributed by atoms with Crippen molar-refractivity contribution in [3.05, 3.63) is 36.4 Å². The van der Waals surface area contributed by atoms with Crippen LogP contribution in [0.1, 0.15) is 12.8 Å². The van der Waals surface area contributed by atoms with E-state index in [2.05, 4.69) is 0 Å². The topological polar surface area (TPSA) is 170 Å². The van der Waals surface area contributed by atoms with Gasteiger partial charge in [-0.15, -0.1) is 0 Å². The normalized spacial score (nSPS) is 11.6. The first-order chi connectivity index (χ1) is 18.1. The number of fused-ring (bicyclic) bond motifs is 1. The molecule has 2 rings (SSSR count). The van der Waals surface area contributed by atoms with Crippen LogP contribution in [0.25, 0.3) is 10.8 Å². The molecule has 0 bridgehead atoms. The Kier molecular flexibility index (Phi) is 24.3. The summed E-state index contributed by atoms with van der Waals surface area (Å²) >= 11 is 0. The van der Waals surface area contributed by atoms with E-state index in [9.17, 15) is 25.9 Å². The van der Waals surface area contributed by atoms with Gasteiger partial charge in [0, 0.05) is 24.7 Å². The Bertz CT molecular complexity index is 1070. The molecule has 0 aliphatic carbocycles.